The summed E-state index contributed by atoms with van der Waals surface area (Å²) in [6.07, 6.45) is 1.64. The van der Waals surface area contributed by atoms with Crippen molar-refractivity contribution in [3.05, 3.63) is 35.4 Å². The number of hydrogen-bond acceptors (Lipinski definition) is 2. The van der Waals surface area contributed by atoms with Crippen molar-refractivity contribution in [1.82, 2.24) is 5.32 Å². The lowest BCUT2D eigenvalue weighted by atomic mass is 10.1. The van der Waals surface area contributed by atoms with Gasteiger partial charge in [0, 0.05) is 19.5 Å². The van der Waals surface area contributed by atoms with Crippen molar-refractivity contribution >= 4 is 0 Å². The number of rotatable bonds is 5. The van der Waals surface area contributed by atoms with E-state index in [0.29, 0.717) is 6.42 Å². The Kier molecular flexibility index (Phi) is 4.74. The van der Waals surface area contributed by atoms with E-state index in [2.05, 4.69) is 42.6 Å². The van der Waals surface area contributed by atoms with Crippen LogP contribution in [0.1, 0.15) is 24.5 Å². The molecule has 2 nitrogen and oxygen atoms in total. The van der Waals surface area contributed by atoms with Gasteiger partial charge in [0.25, 0.3) is 0 Å². The van der Waals surface area contributed by atoms with Crippen LogP contribution >= 0.6 is 0 Å². The molecule has 0 saturated heterocycles. The van der Waals surface area contributed by atoms with Gasteiger partial charge < -0.3 is 5.32 Å². The average molecular weight is 188 g/mol. The first-order chi connectivity index (χ1) is 6.88. The standard InChI is InChI=1S/C12H16N2/c1-2-11-6-3-4-7-12(11)10-14-9-5-8-13/h3-4,6-7,14H,2,5,9-10H2,1H3. The monoisotopic (exact) mass is 188 g/mol. The summed E-state index contributed by atoms with van der Waals surface area (Å²) in [6.45, 7) is 3.80. The molecule has 0 saturated carbocycles. The lowest BCUT2D eigenvalue weighted by Gasteiger charge is -2.07. The molecule has 14 heavy (non-hydrogen) atoms. The van der Waals surface area contributed by atoms with Gasteiger partial charge in [0.05, 0.1) is 6.07 Å². The van der Waals surface area contributed by atoms with E-state index >= 15 is 0 Å². The quantitative estimate of drug-likeness (QED) is 0.719. The van der Waals surface area contributed by atoms with Crippen LogP contribution in [-0.2, 0) is 13.0 Å². The number of aryl methyl sites for hydroxylation is 1. The molecule has 0 unspecified atom stereocenters. The van der Waals surface area contributed by atoms with Crippen molar-refractivity contribution in [2.24, 2.45) is 0 Å². The third kappa shape index (κ3) is 3.20. The lowest BCUT2D eigenvalue weighted by Crippen LogP contribution is -2.15. The van der Waals surface area contributed by atoms with E-state index < -0.39 is 0 Å². The molecule has 1 aromatic carbocycles. The fourth-order valence-electron chi connectivity index (χ4n) is 1.44. The SMILES string of the molecule is CCc1ccccc1CNCCC#N. The highest BCUT2D eigenvalue weighted by Crippen LogP contribution is 2.08. The zero-order chi connectivity index (χ0) is 10.2. The summed E-state index contributed by atoms with van der Waals surface area (Å²) >= 11 is 0. The maximum atomic E-state index is 8.37. The van der Waals surface area contributed by atoms with Crippen LogP contribution in [0.15, 0.2) is 24.3 Å². The molecule has 0 aromatic heterocycles. The highest BCUT2D eigenvalue weighted by molar-refractivity contribution is 5.26. The summed E-state index contributed by atoms with van der Waals surface area (Å²) < 4.78 is 0. The van der Waals surface area contributed by atoms with Crippen LogP contribution in [0.25, 0.3) is 0 Å². The molecule has 0 aliphatic carbocycles. The van der Waals surface area contributed by atoms with Crippen molar-refractivity contribution in [2.45, 2.75) is 26.3 Å². The summed E-state index contributed by atoms with van der Waals surface area (Å²) in [7, 11) is 0. The molecular formula is C12H16N2. The molecule has 1 aromatic rings. The van der Waals surface area contributed by atoms with Crippen LogP contribution in [0, 0.1) is 11.3 Å². The second-order valence-corrected chi connectivity index (χ2v) is 3.21. The Bertz CT molecular complexity index is 312. The first-order valence-electron chi connectivity index (χ1n) is 5.03. The first-order valence-corrected chi connectivity index (χ1v) is 5.03. The van der Waals surface area contributed by atoms with Gasteiger partial charge in [-0.3, -0.25) is 0 Å². The molecule has 0 aliphatic heterocycles. The topological polar surface area (TPSA) is 35.8 Å². The highest BCUT2D eigenvalue weighted by atomic mass is 14.8. The molecule has 74 valence electrons. The Balaban J connectivity index is 2.46. The molecule has 0 spiro atoms. The fourth-order valence-corrected chi connectivity index (χ4v) is 1.44. The largest absolute Gasteiger partial charge is 0.312 e. The Morgan fingerprint density at radius 2 is 2.00 bits per heavy atom. The van der Waals surface area contributed by atoms with Crippen molar-refractivity contribution in [1.29, 1.82) is 5.26 Å². The van der Waals surface area contributed by atoms with Crippen LogP contribution in [-0.4, -0.2) is 6.54 Å². The van der Waals surface area contributed by atoms with E-state index in [1.165, 1.54) is 11.1 Å². The van der Waals surface area contributed by atoms with Crippen molar-refractivity contribution in [3.63, 3.8) is 0 Å². The Hall–Kier alpha value is -1.33. The van der Waals surface area contributed by atoms with E-state index in [1.54, 1.807) is 0 Å². The van der Waals surface area contributed by atoms with Gasteiger partial charge in [0.1, 0.15) is 0 Å². The highest BCUT2D eigenvalue weighted by Gasteiger charge is 1.97. The number of nitrogens with zero attached hydrogens (tertiary/aromatic N) is 1. The van der Waals surface area contributed by atoms with Crippen LogP contribution in [0.2, 0.25) is 0 Å². The Labute approximate surface area is 85.6 Å². The molecule has 0 radical (unpaired) electrons. The van der Waals surface area contributed by atoms with Crippen molar-refractivity contribution < 1.29 is 0 Å². The molecule has 0 amide bonds. The molecule has 0 aliphatic rings. The maximum Gasteiger partial charge on any atom is 0.0635 e. The van der Waals surface area contributed by atoms with Gasteiger partial charge in [-0.15, -0.1) is 0 Å². The van der Waals surface area contributed by atoms with E-state index in [1.807, 2.05) is 0 Å². The van der Waals surface area contributed by atoms with Gasteiger partial charge in [-0.25, -0.2) is 0 Å². The van der Waals surface area contributed by atoms with Crippen LogP contribution in [0.4, 0.5) is 0 Å². The first kappa shape index (κ1) is 10.7. The third-order valence-corrected chi connectivity index (χ3v) is 2.23. The summed E-state index contributed by atoms with van der Waals surface area (Å²) in [6, 6.07) is 10.5. The van der Waals surface area contributed by atoms with Crippen LogP contribution in [0.5, 0.6) is 0 Å². The molecule has 0 fully saturated rings. The number of nitriles is 1. The predicted molar refractivity (Wildman–Crippen MR) is 57.8 cm³/mol. The van der Waals surface area contributed by atoms with E-state index in [4.69, 9.17) is 5.26 Å². The molecule has 1 N–H and O–H groups in total. The van der Waals surface area contributed by atoms with Gasteiger partial charge >= 0.3 is 0 Å². The van der Waals surface area contributed by atoms with Gasteiger partial charge in [-0.1, -0.05) is 31.2 Å². The van der Waals surface area contributed by atoms with E-state index in [9.17, 15) is 0 Å². The van der Waals surface area contributed by atoms with E-state index in [-0.39, 0.29) is 0 Å². The number of nitrogens with one attached hydrogen (secondary N) is 1. The second-order valence-electron chi connectivity index (χ2n) is 3.21. The number of hydrogen-bond donors (Lipinski definition) is 1. The minimum Gasteiger partial charge on any atom is -0.312 e. The summed E-state index contributed by atoms with van der Waals surface area (Å²) in [5.74, 6) is 0. The maximum absolute atomic E-state index is 8.37. The van der Waals surface area contributed by atoms with Gasteiger partial charge in [-0.2, -0.15) is 5.26 Å². The van der Waals surface area contributed by atoms with Gasteiger partial charge in [0.2, 0.25) is 0 Å². The fraction of sp³-hybridized carbons (Fsp3) is 0.417. The van der Waals surface area contributed by atoms with Crippen molar-refractivity contribution in [2.75, 3.05) is 6.54 Å². The minimum atomic E-state index is 0.578. The average Bonchev–Trinajstić information content (AvgIpc) is 2.25. The molecular weight excluding hydrogens is 172 g/mol. The summed E-state index contributed by atoms with van der Waals surface area (Å²) in [5.41, 5.74) is 2.73. The minimum absolute atomic E-state index is 0.578. The molecule has 0 heterocycles. The lowest BCUT2D eigenvalue weighted by molar-refractivity contribution is 0.694. The molecule has 0 bridgehead atoms. The summed E-state index contributed by atoms with van der Waals surface area (Å²) in [4.78, 5) is 0. The Morgan fingerprint density at radius 3 is 2.64 bits per heavy atom. The van der Waals surface area contributed by atoms with Crippen LogP contribution in [0.3, 0.4) is 0 Å². The smallest absolute Gasteiger partial charge is 0.0635 e. The molecule has 1 rings (SSSR count). The zero-order valence-electron chi connectivity index (χ0n) is 8.59. The van der Waals surface area contributed by atoms with E-state index in [0.717, 1.165) is 19.5 Å². The third-order valence-electron chi connectivity index (χ3n) is 2.23. The normalized spacial score (nSPS) is 9.71. The van der Waals surface area contributed by atoms with Gasteiger partial charge in [0.15, 0.2) is 0 Å². The predicted octanol–water partition coefficient (Wildman–Crippen LogP) is 2.25. The molecule has 2 heteroatoms. The van der Waals surface area contributed by atoms with Crippen LogP contribution < -0.4 is 5.32 Å². The summed E-state index contributed by atoms with van der Waals surface area (Å²) in [5, 5.41) is 11.6. The van der Waals surface area contributed by atoms with Gasteiger partial charge in [-0.05, 0) is 17.5 Å². The van der Waals surface area contributed by atoms with Crippen molar-refractivity contribution in [3.8, 4) is 6.07 Å². The Morgan fingerprint density at radius 1 is 1.29 bits per heavy atom. The molecule has 0 atom stereocenters. The zero-order valence-corrected chi connectivity index (χ0v) is 8.59. The number of benzene rings is 1. The second kappa shape index (κ2) is 6.17.